The van der Waals surface area contributed by atoms with E-state index in [1.807, 2.05) is 6.07 Å². The van der Waals surface area contributed by atoms with Gasteiger partial charge in [0.2, 0.25) is 5.91 Å². The standard InChI is InChI=1S/C16H21N5O3S/c17-10-12-9-13(21(23)24)4-5-15(12)19-6-2-1-3-14(18)16(22)20-7-8-25-11-20/h4-5,9,14,19H,1-3,6-8,11,18H2/t14-/m0/s1. The van der Waals surface area contributed by atoms with Crippen molar-refractivity contribution in [1.82, 2.24) is 4.90 Å². The average molecular weight is 363 g/mol. The molecule has 0 spiro atoms. The molecule has 9 heteroatoms. The van der Waals surface area contributed by atoms with Crippen molar-refractivity contribution >= 4 is 29.0 Å². The van der Waals surface area contributed by atoms with Crippen LogP contribution in [0.3, 0.4) is 0 Å². The van der Waals surface area contributed by atoms with Gasteiger partial charge >= 0.3 is 0 Å². The van der Waals surface area contributed by atoms with E-state index in [1.165, 1.54) is 18.2 Å². The Hall–Kier alpha value is -2.31. The van der Waals surface area contributed by atoms with Crippen molar-refractivity contribution in [2.24, 2.45) is 5.73 Å². The molecule has 1 amide bonds. The third-order valence-corrected chi connectivity index (χ3v) is 4.94. The van der Waals surface area contributed by atoms with Crippen molar-refractivity contribution in [2.45, 2.75) is 25.3 Å². The van der Waals surface area contributed by atoms with Gasteiger partial charge in [-0.05, 0) is 25.3 Å². The number of carbonyl (C=O) groups is 1. The highest BCUT2D eigenvalue weighted by atomic mass is 32.2. The van der Waals surface area contributed by atoms with E-state index >= 15 is 0 Å². The molecule has 0 radical (unpaired) electrons. The number of amides is 1. The first-order valence-electron chi connectivity index (χ1n) is 8.07. The van der Waals surface area contributed by atoms with E-state index in [4.69, 9.17) is 11.0 Å². The summed E-state index contributed by atoms with van der Waals surface area (Å²) in [4.78, 5) is 24.1. The molecule has 0 aromatic heterocycles. The molecule has 1 fully saturated rings. The van der Waals surface area contributed by atoms with Crippen molar-refractivity contribution in [1.29, 1.82) is 5.26 Å². The number of nitrogens with two attached hydrogens (primary N) is 1. The van der Waals surface area contributed by atoms with E-state index in [9.17, 15) is 14.9 Å². The molecule has 1 aliphatic rings. The highest BCUT2D eigenvalue weighted by Gasteiger charge is 2.23. The lowest BCUT2D eigenvalue weighted by molar-refractivity contribution is -0.384. The molecule has 1 heterocycles. The fraction of sp³-hybridized carbons (Fsp3) is 0.500. The first kappa shape index (κ1) is 19.0. The highest BCUT2D eigenvalue weighted by molar-refractivity contribution is 7.99. The Morgan fingerprint density at radius 1 is 1.52 bits per heavy atom. The molecule has 8 nitrogen and oxygen atoms in total. The molecule has 134 valence electrons. The number of nitro benzene ring substituents is 1. The highest BCUT2D eigenvalue weighted by Crippen LogP contribution is 2.21. The molecule has 0 saturated carbocycles. The topological polar surface area (TPSA) is 125 Å². The molecule has 1 aromatic rings. The van der Waals surface area contributed by atoms with E-state index in [-0.39, 0.29) is 17.2 Å². The van der Waals surface area contributed by atoms with Gasteiger partial charge in [0.25, 0.3) is 5.69 Å². The molecule has 1 aliphatic heterocycles. The van der Waals surface area contributed by atoms with Crippen molar-refractivity contribution in [3.63, 3.8) is 0 Å². The zero-order valence-electron chi connectivity index (χ0n) is 13.8. The van der Waals surface area contributed by atoms with Crippen LogP contribution < -0.4 is 11.1 Å². The van der Waals surface area contributed by atoms with Gasteiger partial charge in [-0.1, -0.05) is 0 Å². The van der Waals surface area contributed by atoms with Gasteiger partial charge in [0, 0.05) is 31.0 Å². The zero-order valence-corrected chi connectivity index (χ0v) is 14.6. The van der Waals surface area contributed by atoms with E-state index in [2.05, 4.69) is 5.32 Å². The van der Waals surface area contributed by atoms with Gasteiger partial charge in [-0.2, -0.15) is 5.26 Å². The molecular weight excluding hydrogens is 342 g/mol. The molecule has 2 rings (SSSR count). The van der Waals surface area contributed by atoms with Crippen molar-refractivity contribution in [2.75, 3.05) is 30.0 Å². The lowest BCUT2D eigenvalue weighted by Gasteiger charge is -2.19. The summed E-state index contributed by atoms with van der Waals surface area (Å²) in [5, 5.41) is 22.9. The van der Waals surface area contributed by atoms with Crippen LogP contribution >= 0.6 is 11.8 Å². The summed E-state index contributed by atoms with van der Waals surface area (Å²) >= 11 is 1.73. The number of nitro groups is 1. The number of hydrogen-bond donors (Lipinski definition) is 2. The maximum absolute atomic E-state index is 12.1. The summed E-state index contributed by atoms with van der Waals surface area (Å²) in [5.41, 5.74) is 6.66. The van der Waals surface area contributed by atoms with Gasteiger partial charge in [-0.15, -0.1) is 11.8 Å². The molecule has 0 unspecified atom stereocenters. The van der Waals surface area contributed by atoms with Gasteiger partial charge in [-0.25, -0.2) is 0 Å². The summed E-state index contributed by atoms with van der Waals surface area (Å²) < 4.78 is 0. The number of benzene rings is 1. The largest absolute Gasteiger partial charge is 0.384 e. The summed E-state index contributed by atoms with van der Waals surface area (Å²) in [6.07, 6.45) is 2.19. The van der Waals surface area contributed by atoms with E-state index in [0.29, 0.717) is 18.7 Å². The fourth-order valence-electron chi connectivity index (χ4n) is 2.55. The van der Waals surface area contributed by atoms with Gasteiger partial charge in [0.05, 0.1) is 28.1 Å². The SMILES string of the molecule is N#Cc1cc([N+](=O)[O-])ccc1NCCCC[C@H](N)C(=O)N1CCSC1. The minimum absolute atomic E-state index is 0.0140. The average Bonchev–Trinajstić information content (AvgIpc) is 3.15. The molecule has 25 heavy (non-hydrogen) atoms. The number of nitriles is 1. The second-order valence-electron chi connectivity index (χ2n) is 5.77. The quantitative estimate of drug-likeness (QED) is 0.410. The van der Waals surface area contributed by atoms with Crippen molar-refractivity contribution in [3.05, 3.63) is 33.9 Å². The van der Waals surface area contributed by atoms with Crippen LogP contribution in [0, 0.1) is 21.4 Å². The van der Waals surface area contributed by atoms with E-state index in [0.717, 1.165) is 31.0 Å². The molecular formula is C16H21N5O3S. The van der Waals surface area contributed by atoms with Gasteiger partial charge < -0.3 is 16.0 Å². The Kier molecular flexibility index (Phi) is 7.03. The van der Waals surface area contributed by atoms with Crippen LogP contribution in [0.1, 0.15) is 24.8 Å². The molecule has 0 bridgehead atoms. The molecule has 3 N–H and O–H groups in total. The Labute approximate surface area is 150 Å². The Bertz CT molecular complexity index is 670. The monoisotopic (exact) mass is 363 g/mol. The van der Waals surface area contributed by atoms with E-state index in [1.54, 1.807) is 16.7 Å². The maximum atomic E-state index is 12.1. The van der Waals surface area contributed by atoms with Crippen LogP contribution in [0.25, 0.3) is 0 Å². The van der Waals surface area contributed by atoms with Crippen LogP contribution in [-0.2, 0) is 4.79 Å². The number of nitrogens with one attached hydrogen (secondary N) is 1. The smallest absolute Gasteiger partial charge is 0.270 e. The predicted octanol–water partition coefficient (Wildman–Crippen LogP) is 1.91. The Morgan fingerprint density at radius 3 is 2.96 bits per heavy atom. The molecule has 1 saturated heterocycles. The molecule has 1 atom stereocenters. The number of anilines is 1. The summed E-state index contributed by atoms with van der Waals surface area (Å²) in [6, 6.07) is 5.65. The first-order chi connectivity index (χ1) is 12.0. The first-order valence-corrected chi connectivity index (χ1v) is 9.23. The minimum Gasteiger partial charge on any atom is -0.384 e. The van der Waals surface area contributed by atoms with Gasteiger partial charge in [0.15, 0.2) is 0 Å². The summed E-state index contributed by atoms with van der Waals surface area (Å²) in [5.74, 6) is 1.71. The summed E-state index contributed by atoms with van der Waals surface area (Å²) in [6.45, 7) is 1.38. The van der Waals surface area contributed by atoms with Crippen LogP contribution in [0.2, 0.25) is 0 Å². The number of nitrogens with zero attached hydrogens (tertiary/aromatic N) is 3. The number of non-ortho nitro benzene ring substituents is 1. The molecule has 1 aromatic carbocycles. The van der Waals surface area contributed by atoms with Gasteiger partial charge in [-0.3, -0.25) is 14.9 Å². The third kappa shape index (κ3) is 5.34. The number of carbonyl (C=O) groups excluding carboxylic acids is 1. The van der Waals surface area contributed by atoms with Crippen molar-refractivity contribution in [3.8, 4) is 6.07 Å². The number of hydrogen-bond acceptors (Lipinski definition) is 7. The van der Waals surface area contributed by atoms with Crippen LogP contribution in [-0.4, -0.2) is 46.5 Å². The van der Waals surface area contributed by atoms with E-state index < -0.39 is 11.0 Å². The predicted molar refractivity (Wildman–Crippen MR) is 97.2 cm³/mol. The van der Waals surface area contributed by atoms with Crippen molar-refractivity contribution < 1.29 is 9.72 Å². The zero-order chi connectivity index (χ0) is 18.2. The second kappa shape index (κ2) is 9.25. The normalized spacial score (nSPS) is 14.8. The number of unbranched alkanes of at least 4 members (excludes halogenated alkanes) is 1. The lowest BCUT2D eigenvalue weighted by atomic mass is 10.1. The van der Waals surface area contributed by atoms with Gasteiger partial charge in [0.1, 0.15) is 6.07 Å². The summed E-state index contributed by atoms with van der Waals surface area (Å²) in [7, 11) is 0. The third-order valence-electron chi connectivity index (χ3n) is 3.97. The number of rotatable bonds is 8. The Balaban J connectivity index is 1.73. The Morgan fingerprint density at radius 2 is 2.32 bits per heavy atom. The molecule has 0 aliphatic carbocycles. The maximum Gasteiger partial charge on any atom is 0.270 e. The fourth-order valence-corrected chi connectivity index (χ4v) is 3.51. The van der Waals surface area contributed by atoms with Crippen LogP contribution in [0.15, 0.2) is 18.2 Å². The lowest BCUT2D eigenvalue weighted by Crippen LogP contribution is -2.42. The number of thioether (sulfide) groups is 1. The van der Waals surface area contributed by atoms with Crippen LogP contribution in [0.5, 0.6) is 0 Å². The second-order valence-corrected chi connectivity index (χ2v) is 6.84. The van der Waals surface area contributed by atoms with Crippen LogP contribution in [0.4, 0.5) is 11.4 Å². The minimum atomic E-state index is -0.526.